The van der Waals surface area contributed by atoms with Crippen LogP contribution in [0.4, 0.5) is 0 Å². The lowest BCUT2D eigenvalue weighted by atomic mass is 9.85. The van der Waals surface area contributed by atoms with Gasteiger partial charge in [-0.15, -0.1) is 0 Å². The maximum absolute atomic E-state index is 4.86. The van der Waals surface area contributed by atoms with Gasteiger partial charge < -0.3 is 5.32 Å². The van der Waals surface area contributed by atoms with Gasteiger partial charge in [-0.2, -0.15) is 0 Å². The summed E-state index contributed by atoms with van der Waals surface area (Å²) in [5, 5.41) is 3.57. The van der Waals surface area contributed by atoms with Gasteiger partial charge in [-0.05, 0) is 49.6 Å². The summed E-state index contributed by atoms with van der Waals surface area (Å²) in [7, 11) is 0. The lowest BCUT2D eigenvalue weighted by Crippen LogP contribution is -2.32. The van der Waals surface area contributed by atoms with E-state index in [4.69, 9.17) is 9.97 Å². The van der Waals surface area contributed by atoms with Crippen molar-refractivity contribution in [2.75, 3.05) is 6.54 Å². The zero-order chi connectivity index (χ0) is 15.6. The molecule has 0 saturated heterocycles. The molecule has 0 bridgehead atoms. The summed E-state index contributed by atoms with van der Waals surface area (Å²) >= 11 is 0. The highest BCUT2D eigenvalue weighted by atomic mass is 14.9. The molecule has 0 aromatic carbocycles. The Kier molecular flexibility index (Phi) is 5.03. The highest BCUT2D eigenvalue weighted by molar-refractivity contribution is 5.28. The number of hydrogen-bond donors (Lipinski definition) is 1. The molecular formula is C18H31N3. The second kappa shape index (κ2) is 6.43. The van der Waals surface area contributed by atoms with Crippen molar-refractivity contribution in [1.82, 2.24) is 15.3 Å². The van der Waals surface area contributed by atoms with Crippen LogP contribution in [0.15, 0.2) is 0 Å². The Bertz CT molecular complexity index is 486. The maximum Gasteiger partial charge on any atom is 0.129 e. The third-order valence-corrected chi connectivity index (χ3v) is 4.13. The molecule has 1 aromatic rings. The Morgan fingerprint density at radius 1 is 1.24 bits per heavy atom. The number of aryl methyl sites for hydroxylation is 2. The third-order valence-electron chi connectivity index (χ3n) is 4.13. The van der Waals surface area contributed by atoms with Crippen molar-refractivity contribution < 1.29 is 0 Å². The van der Waals surface area contributed by atoms with Crippen molar-refractivity contribution in [3.05, 3.63) is 22.8 Å². The summed E-state index contributed by atoms with van der Waals surface area (Å²) in [5.41, 5.74) is 4.17. The van der Waals surface area contributed by atoms with Gasteiger partial charge in [0.2, 0.25) is 0 Å². The summed E-state index contributed by atoms with van der Waals surface area (Å²) in [4.78, 5) is 9.63. The van der Waals surface area contributed by atoms with Crippen molar-refractivity contribution >= 4 is 0 Å². The smallest absolute Gasteiger partial charge is 0.129 e. The number of rotatable bonds is 4. The maximum atomic E-state index is 4.86. The average Bonchev–Trinajstić information content (AvgIpc) is 2.34. The number of fused-ring (bicyclic) bond motifs is 1. The van der Waals surface area contributed by atoms with Crippen LogP contribution in [-0.4, -0.2) is 22.6 Å². The molecule has 0 spiro atoms. The number of aromatic nitrogens is 2. The zero-order valence-corrected chi connectivity index (χ0v) is 14.6. The Morgan fingerprint density at radius 2 is 1.95 bits per heavy atom. The van der Waals surface area contributed by atoms with Crippen molar-refractivity contribution in [2.24, 2.45) is 11.3 Å². The highest BCUT2D eigenvalue weighted by Crippen LogP contribution is 2.27. The molecule has 21 heavy (non-hydrogen) atoms. The van der Waals surface area contributed by atoms with Crippen LogP contribution >= 0.6 is 0 Å². The van der Waals surface area contributed by atoms with E-state index in [9.17, 15) is 0 Å². The van der Waals surface area contributed by atoms with E-state index in [1.54, 1.807) is 0 Å². The van der Waals surface area contributed by atoms with Crippen LogP contribution in [0.25, 0.3) is 0 Å². The standard InChI is InChI=1S/C18H31N3/c1-12(2)19-11-14-7-8-16-15(9-14)13(3)20-17(21-16)10-18(4,5)6/h12,14,19H,7-11H2,1-6H3. The van der Waals surface area contributed by atoms with Gasteiger partial charge in [-0.3, -0.25) is 0 Å². The van der Waals surface area contributed by atoms with E-state index in [1.807, 2.05) is 0 Å². The fourth-order valence-electron chi connectivity index (χ4n) is 3.05. The minimum absolute atomic E-state index is 0.249. The average molecular weight is 289 g/mol. The molecule has 0 saturated carbocycles. The van der Waals surface area contributed by atoms with Gasteiger partial charge in [0.1, 0.15) is 5.82 Å². The quantitative estimate of drug-likeness (QED) is 0.922. The first kappa shape index (κ1) is 16.4. The highest BCUT2D eigenvalue weighted by Gasteiger charge is 2.23. The van der Waals surface area contributed by atoms with Gasteiger partial charge in [0, 0.05) is 23.9 Å². The Hall–Kier alpha value is -0.960. The normalized spacial score (nSPS) is 18.9. The summed E-state index contributed by atoms with van der Waals surface area (Å²) in [6.45, 7) is 14.4. The first-order valence-corrected chi connectivity index (χ1v) is 8.33. The Balaban J connectivity index is 2.11. The number of nitrogens with one attached hydrogen (secondary N) is 1. The molecule has 0 fully saturated rings. The van der Waals surface area contributed by atoms with E-state index in [0.29, 0.717) is 6.04 Å². The topological polar surface area (TPSA) is 37.8 Å². The van der Waals surface area contributed by atoms with Gasteiger partial charge in [-0.1, -0.05) is 34.6 Å². The fraction of sp³-hybridized carbons (Fsp3) is 0.778. The minimum Gasteiger partial charge on any atom is -0.314 e. The predicted octanol–water partition coefficient (Wildman–Crippen LogP) is 3.48. The molecule has 0 amide bonds. The predicted molar refractivity (Wildman–Crippen MR) is 88.6 cm³/mol. The van der Waals surface area contributed by atoms with Crippen LogP contribution in [0.2, 0.25) is 0 Å². The van der Waals surface area contributed by atoms with Crippen LogP contribution in [0, 0.1) is 18.3 Å². The van der Waals surface area contributed by atoms with Gasteiger partial charge in [0.05, 0.1) is 0 Å². The molecule has 3 nitrogen and oxygen atoms in total. The second-order valence-electron chi connectivity index (χ2n) is 8.06. The largest absolute Gasteiger partial charge is 0.314 e. The minimum atomic E-state index is 0.249. The third kappa shape index (κ3) is 4.77. The van der Waals surface area contributed by atoms with Crippen LogP contribution in [0.5, 0.6) is 0 Å². The SMILES string of the molecule is Cc1nc(CC(C)(C)C)nc2c1CC(CNC(C)C)CC2. The Labute approximate surface area is 130 Å². The Morgan fingerprint density at radius 3 is 2.57 bits per heavy atom. The molecule has 2 rings (SSSR count). The molecule has 1 aliphatic rings. The molecule has 0 aliphatic heterocycles. The van der Waals surface area contributed by atoms with Crippen LogP contribution in [0.1, 0.15) is 63.8 Å². The van der Waals surface area contributed by atoms with Crippen molar-refractivity contribution in [3.8, 4) is 0 Å². The van der Waals surface area contributed by atoms with E-state index in [0.717, 1.165) is 37.5 Å². The van der Waals surface area contributed by atoms with E-state index < -0.39 is 0 Å². The van der Waals surface area contributed by atoms with Crippen LogP contribution in [-0.2, 0) is 19.3 Å². The number of hydrogen-bond acceptors (Lipinski definition) is 3. The molecule has 1 atom stereocenters. The van der Waals surface area contributed by atoms with Crippen molar-refractivity contribution in [1.29, 1.82) is 0 Å². The van der Waals surface area contributed by atoms with E-state index in [2.05, 4.69) is 46.9 Å². The molecule has 118 valence electrons. The molecule has 0 radical (unpaired) electrons. The molecule has 3 heteroatoms. The lowest BCUT2D eigenvalue weighted by Gasteiger charge is -2.27. The summed E-state index contributed by atoms with van der Waals surface area (Å²) in [6, 6.07) is 0.568. The number of nitrogens with zero attached hydrogens (tertiary/aromatic N) is 2. The first-order valence-electron chi connectivity index (χ1n) is 8.33. The molecule has 1 N–H and O–H groups in total. The van der Waals surface area contributed by atoms with E-state index in [1.165, 1.54) is 23.4 Å². The van der Waals surface area contributed by atoms with Crippen LogP contribution < -0.4 is 5.32 Å². The zero-order valence-electron chi connectivity index (χ0n) is 14.6. The first-order chi connectivity index (χ1) is 9.74. The molecule has 1 aliphatic carbocycles. The van der Waals surface area contributed by atoms with Crippen molar-refractivity contribution in [2.45, 2.75) is 73.3 Å². The van der Waals surface area contributed by atoms with Crippen molar-refractivity contribution in [3.63, 3.8) is 0 Å². The lowest BCUT2D eigenvalue weighted by molar-refractivity contribution is 0.388. The van der Waals surface area contributed by atoms with Crippen LogP contribution in [0.3, 0.4) is 0 Å². The van der Waals surface area contributed by atoms with Gasteiger partial charge in [0.15, 0.2) is 0 Å². The second-order valence-corrected chi connectivity index (χ2v) is 8.06. The molecular weight excluding hydrogens is 258 g/mol. The summed E-state index contributed by atoms with van der Waals surface area (Å²) in [6.07, 6.45) is 4.45. The molecule has 1 aromatic heterocycles. The van der Waals surface area contributed by atoms with E-state index >= 15 is 0 Å². The monoisotopic (exact) mass is 289 g/mol. The molecule has 1 unspecified atom stereocenters. The van der Waals surface area contributed by atoms with Gasteiger partial charge >= 0.3 is 0 Å². The van der Waals surface area contributed by atoms with Gasteiger partial charge in [0.25, 0.3) is 0 Å². The molecule has 1 heterocycles. The van der Waals surface area contributed by atoms with E-state index in [-0.39, 0.29) is 5.41 Å². The van der Waals surface area contributed by atoms with Gasteiger partial charge in [-0.25, -0.2) is 9.97 Å². The fourth-order valence-corrected chi connectivity index (χ4v) is 3.05. The summed E-state index contributed by atoms with van der Waals surface area (Å²) in [5.74, 6) is 1.76. The summed E-state index contributed by atoms with van der Waals surface area (Å²) < 4.78 is 0.